The molecular formula is C16H17ClN2O3. The summed E-state index contributed by atoms with van der Waals surface area (Å²) in [5, 5.41) is 3.77. The molecule has 2 heterocycles. The van der Waals surface area contributed by atoms with E-state index in [9.17, 15) is 9.59 Å². The van der Waals surface area contributed by atoms with Crippen LogP contribution in [-0.4, -0.2) is 35.8 Å². The van der Waals surface area contributed by atoms with Crippen molar-refractivity contribution in [3.63, 3.8) is 0 Å². The lowest BCUT2D eigenvalue weighted by molar-refractivity contribution is -0.119. The first kappa shape index (κ1) is 14.9. The second-order valence-electron chi connectivity index (χ2n) is 5.51. The SMILES string of the molecule is CC(=O)NC1CCN(C(=O)c2c(Cl)oc3ccccc23)CC1. The van der Waals surface area contributed by atoms with Crippen LogP contribution >= 0.6 is 11.6 Å². The largest absolute Gasteiger partial charge is 0.444 e. The summed E-state index contributed by atoms with van der Waals surface area (Å²) >= 11 is 6.11. The van der Waals surface area contributed by atoms with Crippen LogP contribution in [0.2, 0.25) is 5.22 Å². The van der Waals surface area contributed by atoms with Gasteiger partial charge in [0.15, 0.2) is 0 Å². The zero-order valence-corrected chi connectivity index (χ0v) is 13.0. The average molecular weight is 321 g/mol. The number of piperidine rings is 1. The van der Waals surface area contributed by atoms with E-state index >= 15 is 0 Å². The number of nitrogens with zero attached hydrogens (tertiary/aromatic N) is 1. The van der Waals surface area contributed by atoms with Crippen LogP contribution in [0.15, 0.2) is 28.7 Å². The molecule has 5 nitrogen and oxygen atoms in total. The molecule has 0 saturated carbocycles. The molecule has 0 atom stereocenters. The zero-order chi connectivity index (χ0) is 15.7. The monoisotopic (exact) mass is 320 g/mol. The molecule has 0 spiro atoms. The number of halogens is 1. The van der Waals surface area contributed by atoms with Crippen molar-refractivity contribution in [2.75, 3.05) is 13.1 Å². The number of likely N-dealkylation sites (tertiary alicyclic amines) is 1. The molecular weight excluding hydrogens is 304 g/mol. The Morgan fingerprint density at radius 2 is 1.95 bits per heavy atom. The molecule has 1 N–H and O–H groups in total. The van der Waals surface area contributed by atoms with Gasteiger partial charge in [-0.15, -0.1) is 0 Å². The Hall–Kier alpha value is -2.01. The van der Waals surface area contributed by atoms with E-state index in [2.05, 4.69) is 5.32 Å². The van der Waals surface area contributed by atoms with Crippen LogP contribution in [0.1, 0.15) is 30.1 Å². The maximum Gasteiger partial charge on any atom is 0.259 e. The van der Waals surface area contributed by atoms with Gasteiger partial charge in [0.25, 0.3) is 5.91 Å². The third kappa shape index (κ3) is 2.81. The van der Waals surface area contributed by atoms with Gasteiger partial charge in [0.2, 0.25) is 11.1 Å². The lowest BCUT2D eigenvalue weighted by atomic mass is 10.0. The van der Waals surface area contributed by atoms with Gasteiger partial charge in [-0.05, 0) is 30.5 Å². The molecule has 22 heavy (non-hydrogen) atoms. The van der Waals surface area contributed by atoms with Crippen LogP contribution in [0, 0.1) is 0 Å². The van der Waals surface area contributed by atoms with Crippen molar-refractivity contribution in [1.29, 1.82) is 0 Å². The number of nitrogens with one attached hydrogen (secondary N) is 1. The highest BCUT2D eigenvalue weighted by Crippen LogP contribution is 2.31. The molecule has 1 aromatic heterocycles. The summed E-state index contributed by atoms with van der Waals surface area (Å²) in [4.78, 5) is 25.6. The Morgan fingerprint density at radius 1 is 1.27 bits per heavy atom. The molecule has 0 aliphatic carbocycles. The smallest absolute Gasteiger partial charge is 0.259 e. The number of carbonyl (C=O) groups is 2. The molecule has 6 heteroatoms. The van der Waals surface area contributed by atoms with Crippen molar-refractivity contribution < 1.29 is 14.0 Å². The number of furan rings is 1. The van der Waals surface area contributed by atoms with Gasteiger partial charge in [-0.1, -0.05) is 18.2 Å². The molecule has 0 radical (unpaired) electrons. The number of para-hydroxylation sites is 1. The fourth-order valence-corrected chi connectivity index (χ4v) is 3.15. The number of carbonyl (C=O) groups excluding carboxylic acids is 2. The van der Waals surface area contributed by atoms with Crippen LogP contribution in [0.25, 0.3) is 11.0 Å². The molecule has 1 fully saturated rings. The van der Waals surface area contributed by atoms with Crippen molar-refractivity contribution >= 4 is 34.4 Å². The molecule has 2 amide bonds. The molecule has 1 saturated heterocycles. The number of hydrogen-bond acceptors (Lipinski definition) is 3. The highest BCUT2D eigenvalue weighted by Gasteiger charge is 2.28. The Balaban J connectivity index is 1.77. The first-order valence-corrected chi connectivity index (χ1v) is 7.67. The summed E-state index contributed by atoms with van der Waals surface area (Å²) < 4.78 is 5.45. The lowest BCUT2D eigenvalue weighted by Crippen LogP contribution is -2.46. The fraction of sp³-hybridized carbons (Fsp3) is 0.375. The van der Waals surface area contributed by atoms with E-state index in [-0.39, 0.29) is 23.1 Å². The quantitative estimate of drug-likeness (QED) is 0.925. The van der Waals surface area contributed by atoms with Crippen molar-refractivity contribution in [2.45, 2.75) is 25.8 Å². The van der Waals surface area contributed by atoms with Crippen LogP contribution in [0.5, 0.6) is 0 Å². The average Bonchev–Trinajstić information content (AvgIpc) is 2.82. The third-order valence-electron chi connectivity index (χ3n) is 3.96. The molecule has 3 rings (SSSR count). The summed E-state index contributed by atoms with van der Waals surface area (Å²) in [5.74, 6) is -0.148. The standard InChI is InChI=1S/C16H17ClN2O3/c1-10(20)18-11-6-8-19(9-7-11)16(21)14-12-4-2-3-5-13(12)22-15(14)17/h2-5,11H,6-9H2,1H3,(H,18,20). The van der Waals surface area contributed by atoms with E-state index in [1.165, 1.54) is 6.92 Å². The van der Waals surface area contributed by atoms with Crippen LogP contribution in [0.3, 0.4) is 0 Å². The molecule has 0 unspecified atom stereocenters. The van der Waals surface area contributed by atoms with Crippen LogP contribution in [-0.2, 0) is 4.79 Å². The summed E-state index contributed by atoms with van der Waals surface area (Å²) in [6.45, 7) is 2.70. The number of benzene rings is 1. The Bertz CT molecular complexity index is 717. The minimum Gasteiger partial charge on any atom is -0.444 e. The van der Waals surface area contributed by atoms with Crippen molar-refractivity contribution in [2.24, 2.45) is 0 Å². The lowest BCUT2D eigenvalue weighted by Gasteiger charge is -2.32. The molecule has 0 bridgehead atoms. The van der Waals surface area contributed by atoms with E-state index in [1.54, 1.807) is 11.0 Å². The van der Waals surface area contributed by atoms with Gasteiger partial charge in [-0.25, -0.2) is 0 Å². The normalized spacial score (nSPS) is 16.0. The predicted octanol–water partition coefficient (Wildman–Crippen LogP) is 2.83. The van der Waals surface area contributed by atoms with Crippen LogP contribution in [0.4, 0.5) is 0 Å². The van der Waals surface area contributed by atoms with E-state index in [1.807, 2.05) is 18.2 Å². The number of hydrogen-bond donors (Lipinski definition) is 1. The second-order valence-corrected chi connectivity index (χ2v) is 5.86. The number of fused-ring (bicyclic) bond motifs is 1. The first-order chi connectivity index (χ1) is 10.6. The topological polar surface area (TPSA) is 62.6 Å². The fourth-order valence-electron chi connectivity index (χ4n) is 2.89. The van der Waals surface area contributed by atoms with Gasteiger partial charge < -0.3 is 14.6 Å². The van der Waals surface area contributed by atoms with Crippen molar-refractivity contribution in [3.05, 3.63) is 35.0 Å². The van der Waals surface area contributed by atoms with Crippen molar-refractivity contribution in [3.8, 4) is 0 Å². The van der Waals surface area contributed by atoms with Gasteiger partial charge in [0.1, 0.15) is 11.1 Å². The number of amides is 2. The van der Waals surface area contributed by atoms with Gasteiger partial charge in [0, 0.05) is 31.4 Å². The second kappa shape index (κ2) is 6.01. The van der Waals surface area contributed by atoms with Crippen molar-refractivity contribution in [1.82, 2.24) is 10.2 Å². The maximum atomic E-state index is 12.7. The Morgan fingerprint density at radius 3 is 2.64 bits per heavy atom. The first-order valence-electron chi connectivity index (χ1n) is 7.29. The van der Waals surface area contributed by atoms with Gasteiger partial charge in [-0.3, -0.25) is 9.59 Å². The van der Waals surface area contributed by atoms with Gasteiger partial charge >= 0.3 is 0 Å². The highest BCUT2D eigenvalue weighted by atomic mass is 35.5. The molecule has 2 aromatic rings. The Labute approximate surface area is 133 Å². The maximum absolute atomic E-state index is 12.7. The zero-order valence-electron chi connectivity index (χ0n) is 12.3. The summed E-state index contributed by atoms with van der Waals surface area (Å²) in [6, 6.07) is 7.46. The third-order valence-corrected chi connectivity index (χ3v) is 4.22. The van der Waals surface area contributed by atoms with E-state index in [0.717, 1.165) is 18.2 Å². The van der Waals surface area contributed by atoms with Gasteiger partial charge in [-0.2, -0.15) is 0 Å². The van der Waals surface area contributed by atoms with E-state index in [4.69, 9.17) is 16.0 Å². The number of rotatable bonds is 2. The summed E-state index contributed by atoms with van der Waals surface area (Å²) in [5.41, 5.74) is 1.04. The molecule has 1 aromatic carbocycles. The van der Waals surface area contributed by atoms with Crippen LogP contribution < -0.4 is 5.32 Å². The minimum atomic E-state index is -0.115. The molecule has 1 aliphatic rings. The van der Waals surface area contributed by atoms with Gasteiger partial charge in [0.05, 0.1) is 0 Å². The summed E-state index contributed by atoms with van der Waals surface area (Å²) in [7, 11) is 0. The molecule has 1 aliphatic heterocycles. The van der Waals surface area contributed by atoms with E-state index in [0.29, 0.717) is 24.2 Å². The predicted molar refractivity (Wildman–Crippen MR) is 84.0 cm³/mol. The Kier molecular flexibility index (Phi) is 4.07. The molecule has 116 valence electrons. The van der Waals surface area contributed by atoms with E-state index < -0.39 is 0 Å². The summed E-state index contributed by atoms with van der Waals surface area (Å²) in [6.07, 6.45) is 1.50. The minimum absolute atomic E-state index is 0.0337. The highest BCUT2D eigenvalue weighted by molar-refractivity contribution is 6.34.